The van der Waals surface area contributed by atoms with Crippen molar-refractivity contribution < 1.29 is 14.4 Å². The number of amides is 3. The molecule has 0 radical (unpaired) electrons. The molecule has 25 heavy (non-hydrogen) atoms. The molecule has 0 aromatic carbocycles. The van der Waals surface area contributed by atoms with E-state index in [1.54, 1.807) is 29.1 Å². The predicted molar refractivity (Wildman–Crippen MR) is 92.1 cm³/mol. The molecule has 1 N–H and O–H groups in total. The van der Waals surface area contributed by atoms with Crippen LogP contribution in [0.25, 0.3) is 0 Å². The van der Waals surface area contributed by atoms with Crippen molar-refractivity contribution in [2.24, 2.45) is 5.92 Å². The van der Waals surface area contributed by atoms with Crippen LogP contribution in [0.4, 0.5) is 5.69 Å². The lowest BCUT2D eigenvalue weighted by Crippen LogP contribution is -2.61. The van der Waals surface area contributed by atoms with Crippen LogP contribution in [0.2, 0.25) is 0 Å². The van der Waals surface area contributed by atoms with E-state index in [0.717, 1.165) is 5.69 Å². The van der Waals surface area contributed by atoms with E-state index in [-0.39, 0.29) is 36.1 Å². The molecule has 2 aliphatic rings. The number of nitrogens with one attached hydrogen (secondary N) is 1. The molecular formula is C17H23N5O3. The number of pyridine rings is 1. The Balaban J connectivity index is 1.56. The van der Waals surface area contributed by atoms with Crippen LogP contribution in [0.15, 0.2) is 18.3 Å². The highest BCUT2D eigenvalue weighted by molar-refractivity contribution is 5.93. The van der Waals surface area contributed by atoms with E-state index in [1.807, 2.05) is 25.1 Å². The van der Waals surface area contributed by atoms with Gasteiger partial charge in [-0.1, -0.05) is 0 Å². The molecule has 8 nitrogen and oxygen atoms in total. The molecule has 3 heterocycles. The summed E-state index contributed by atoms with van der Waals surface area (Å²) >= 11 is 0. The van der Waals surface area contributed by atoms with Crippen LogP contribution < -0.4 is 10.2 Å². The van der Waals surface area contributed by atoms with Crippen molar-refractivity contribution in [3.05, 3.63) is 24.0 Å². The number of aromatic nitrogens is 1. The number of likely N-dealkylation sites (tertiary alicyclic amines) is 2. The highest BCUT2D eigenvalue weighted by Gasteiger charge is 2.43. The zero-order valence-electron chi connectivity index (χ0n) is 14.7. The van der Waals surface area contributed by atoms with Crippen LogP contribution in [0.1, 0.15) is 16.9 Å². The van der Waals surface area contributed by atoms with Crippen LogP contribution in [0.3, 0.4) is 0 Å². The number of hydrogen-bond acceptors (Lipinski definition) is 5. The number of carbonyl (C=O) groups excluding carboxylic acids is 3. The molecule has 1 atom stereocenters. The minimum Gasteiger partial charge on any atom is -0.376 e. The largest absolute Gasteiger partial charge is 0.376 e. The van der Waals surface area contributed by atoms with Crippen molar-refractivity contribution in [2.75, 3.05) is 45.7 Å². The molecule has 2 saturated heterocycles. The number of anilines is 1. The maximum Gasteiger partial charge on any atom is 0.272 e. The van der Waals surface area contributed by atoms with Crippen molar-refractivity contribution in [3.8, 4) is 0 Å². The molecule has 8 heteroatoms. The number of hydrogen-bond donors (Lipinski definition) is 1. The molecule has 3 amide bonds. The lowest BCUT2D eigenvalue weighted by molar-refractivity contribution is -0.132. The first kappa shape index (κ1) is 17.2. The van der Waals surface area contributed by atoms with Gasteiger partial charge in [0.2, 0.25) is 11.8 Å². The van der Waals surface area contributed by atoms with Gasteiger partial charge in [0.15, 0.2) is 0 Å². The normalized spacial score (nSPS) is 20.4. The number of nitrogens with zero attached hydrogens (tertiary/aromatic N) is 4. The van der Waals surface area contributed by atoms with Gasteiger partial charge in [-0.3, -0.25) is 14.4 Å². The first-order valence-corrected chi connectivity index (χ1v) is 8.34. The molecule has 0 saturated carbocycles. The van der Waals surface area contributed by atoms with Gasteiger partial charge in [0, 0.05) is 47.2 Å². The summed E-state index contributed by atoms with van der Waals surface area (Å²) in [5.41, 5.74) is 1.33. The van der Waals surface area contributed by atoms with Gasteiger partial charge in [-0.2, -0.15) is 0 Å². The maximum absolute atomic E-state index is 12.5. The lowest BCUT2D eigenvalue weighted by atomic mass is 10.1. The van der Waals surface area contributed by atoms with Gasteiger partial charge in [-0.25, -0.2) is 4.98 Å². The van der Waals surface area contributed by atoms with Gasteiger partial charge >= 0.3 is 0 Å². The second-order valence-corrected chi connectivity index (χ2v) is 6.72. The molecule has 1 aromatic rings. The average molecular weight is 345 g/mol. The minimum atomic E-state index is -0.289. The van der Waals surface area contributed by atoms with Gasteiger partial charge in [0.25, 0.3) is 5.91 Å². The SMILES string of the molecule is CNC(=O)C1CC(=O)N(C2CN(C(=O)c3ccc(N(C)C)cn3)C2)C1. The Bertz CT molecular complexity index is 682. The molecule has 0 aliphatic carbocycles. The Morgan fingerprint density at radius 1 is 1.24 bits per heavy atom. The Kier molecular flexibility index (Phi) is 4.61. The van der Waals surface area contributed by atoms with E-state index in [2.05, 4.69) is 10.3 Å². The molecule has 134 valence electrons. The van der Waals surface area contributed by atoms with E-state index in [0.29, 0.717) is 25.3 Å². The Morgan fingerprint density at radius 3 is 2.52 bits per heavy atom. The zero-order chi connectivity index (χ0) is 18.1. The van der Waals surface area contributed by atoms with E-state index >= 15 is 0 Å². The van der Waals surface area contributed by atoms with E-state index < -0.39 is 0 Å². The second kappa shape index (κ2) is 6.70. The molecule has 1 unspecified atom stereocenters. The highest BCUT2D eigenvalue weighted by atomic mass is 16.2. The van der Waals surface area contributed by atoms with Crippen LogP contribution in [-0.4, -0.2) is 79.3 Å². The van der Waals surface area contributed by atoms with Crippen LogP contribution in [0.5, 0.6) is 0 Å². The second-order valence-electron chi connectivity index (χ2n) is 6.72. The van der Waals surface area contributed by atoms with E-state index in [4.69, 9.17) is 0 Å². The van der Waals surface area contributed by atoms with Gasteiger partial charge in [0.05, 0.1) is 23.8 Å². The number of carbonyl (C=O) groups is 3. The summed E-state index contributed by atoms with van der Waals surface area (Å²) in [6, 6.07) is 3.57. The average Bonchev–Trinajstić information content (AvgIpc) is 2.94. The van der Waals surface area contributed by atoms with Crippen molar-refractivity contribution in [3.63, 3.8) is 0 Å². The Hall–Kier alpha value is -2.64. The van der Waals surface area contributed by atoms with Gasteiger partial charge < -0.3 is 20.0 Å². The van der Waals surface area contributed by atoms with Crippen molar-refractivity contribution in [1.82, 2.24) is 20.1 Å². The fourth-order valence-electron chi connectivity index (χ4n) is 3.22. The smallest absolute Gasteiger partial charge is 0.272 e. The van der Waals surface area contributed by atoms with Crippen molar-refractivity contribution in [2.45, 2.75) is 12.5 Å². The summed E-state index contributed by atoms with van der Waals surface area (Å²) < 4.78 is 0. The molecule has 3 rings (SSSR count). The van der Waals surface area contributed by atoms with Crippen LogP contribution in [-0.2, 0) is 9.59 Å². The highest BCUT2D eigenvalue weighted by Crippen LogP contribution is 2.26. The standard InChI is InChI=1S/C17H23N5O3/c1-18-16(24)11-6-15(23)22(8-11)13-9-21(10-13)17(25)14-5-4-12(7-19-14)20(2)3/h4-5,7,11,13H,6,8-10H2,1-3H3,(H,18,24). The summed E-state index contributed by atoms with van der Waals surface area (Å²) in [5, 5.41) is 2.59. The van der Waals surface area contributed by atoms with Gasteiger partial charge in [-0.05, 0) is 12.1 Å². The zero-order valence-corrected chi connectivity index (χ0v) is 14.7. The monoisotopic (exact) mass is 345 g/mol. The summed E-state index contributed by atoms with van der Waals surface area (Å²) in [4.78, 5) is 45.8. The lowest BCUT2D eigenvalue weighted by Gasteiger charge is -2.43. The third-order valence-electron chi connectivity index (χ3n) is 4.85. The van der Waals surface area contributed by atoms with Crippen LogP contribution in [0, 0.1) is 5.92 Å². The third kappa shape index (κ3) is 3.29. The fourth-order valence-corrected chi connectivity index (χ4v) is 3.22. The quantitative estimate of drug-likeness (QED) is 0.800. The maximum atomic E-state index is 12.5. The van der Waals surface area contributed by atoms with Gasteiger partial charge in [0.1, 0.15) is 5.69 Å². The first-order chi connectivity index (χ1) is 11.9. The molecule has 0 spiro atoms. The molecule has 2 fully saturated rings. The summed E-state index contributed by atoms with van der Waals surface area (Å²) in [7, 11) is 5.41. The summed E-state index contributed by atoms with van der Waals surface area (Å²) in [5.74, 6) is -0.536. The Morgan fingerprint density at radius 2 is 1.96 bits per heavy atom. The van der Waals surface area contributed by atoms with Crippen molar-refractivity contribution >= 4 is 23.4 Å². The molecule has 1 aromatic heterocycles. The van der Waals surface area contributed by atoms with E-state index in [1.165, 1.54) is 0 Å². The predicted octanol–water partition coefficient (Wildman–Crippen LogP) is -0.433. The van der Waals surface area contributed by atoms with Gasteiger partial charge in [-0.15, -0.1) is 0 Å². The topological polar surface area (TPSA) is 85.8 Å². The van der Waals surface area contributed by atoms with Crippen molar-refractivity contribution in [1.29, 1.82) is 0 Å². The minimum absolute atomic E-state index is 0.00726. The molecular weight excluding hydrogens is 322 g/mol. The van der Waals surface area contributed by atoms with Crippen LogP contribution >= 0.6 is 0 Å². The first-order valence-electron chi connectivity index (χ1n) is 8.34. The van der Waals surface area contributed by atoms with E-state index in [9.17, 15) is 14.4 Å². The summed E-state index contributed by atoms with van der Waals surface area (Å²) in [6.45, 7) is 1.41. The number of rotatable bonds is 4. The Labute approximate surface area is 146 Å². The molecule has 0 bridgehead atoms. The molecule has 2 aliphatic heterocycles. The summed E-state index contributed by atoms with van der Waals surface area (Å²) in [6.07, 6.45) is 1.92. The fraction of sp³-hybridized carbons (Fsp3) is 0.529. The third-order valence-corrected chi connectivity index (χ3v) is 4.85.